The smallest absolute Gasteiger partial charge is 0.234 e. The molecule has 1 fully saturated rings. The summed E-state index contributed by atoms with van der Waals surface area (Å²) in [4.78, 5) is 14.5. The fourth-order valence-electron chi connectivity index (χ4n) is 3.38. The van der Waals surface area contributed by atoms with E-state index in [1.165, 1.54) is 11.8 Å². The van der Waals surface area contributed by atoms with Crippen LogP contribution in [-0.2, 0) is 9.53 Å². The highest BCUT2D eigenvalue weighted by atomic mass is 32.2. The molecule has 0 aromatic heterocycles. The van der Waals surface area contributed by atoms with Crippen molar-refractivity contribution < 1.29 is 14.6 Å². The van der Waals surface area contributed by atoms with E-state index in [0.717, 1.165) is 30.0 Å². The third-order valence-electron chi connectivity index (χ3n) is 4.63. The molecule has 2 aromatic rings. The Morgan fingerprint density at radius 2 is 1.79 bits per heavy atom. The van der Waals surface area contributed by atoms with Crippen molar-refractivity contribution in [2.45, 2.75) is 32.2 Å². The number of anilines is 2. The molecule has 0 aliphatic carbocycles. The summed E-state index contributed by atoms with van der Waals surface area (Å²) in [6.07, 6.45) is -0.130. The van der Waals surface area contributed by atoms with Crippen LogP contribution >= 0.6 is 11.8 Å². The Morgan fingerprint density at radius 1 is 1.14 bits per heavy atom. The lowest BCUT2D eigenvalue weighted by molar-refractivity contribution is -0.113. The molecule has 28 heavy (non-hydrogen) atoms. The van der Waals surface area contributed by atoms with Crippen molar-refractivity contribution in [2.75, 3.05) is 34.8 Å². The number of nitrogens with zero attached hydrogens (tertiary/aromatic N) is 1. The van der Waals surface area contributed by atoms with Gasteiger partial charge in [-0.1, -0.05) is 30.3 Å². The molecule has 1 aliphatic heterocycles. The van der Waals surface area contributed by atoms with Crippen LogP contribution in [0.1, 0.15) is 25.5 Å². The van der Waals surface area contributed by atoms with Crippen molar-refractivity contribution >= 4 is 29.0 Å². The zero-order valence-electron chi connectivity index (χ0n) is 16.4. The lowest BCUT2D eigenvalue weighted by Crippen LogP contribution is -2.45. The number of thioether (sulfide) groups is 1. The Balaban J connectivity index is 1.44. The van der Waals surface area contributed by atoms with Crippen molar-refractivity contribution in [3.8, 4) is 0 Å². The van der Waals surface area contributed by atoms with Crippen molar-refractivity contribution in [3.05, 3.63) is 60.2 Å². The van der Waals surface area contributed by atoms with Crippen LogP contribution in [-0.4, -0.2) is 47.8 Å². The van der Waals surface area contributed by atoms with Gasteiger partial charge in [0, 0.05) is 30.2 Å². The lowest BCUT2D eigenvalue weighted by Gasteiger charge is -2.36. The second-order valence-electron chi connectivity index (χ2n) is 7.20. The molecule has 2 aromatic carbocycles. The monoisotopic (exact) mass is 400 g/mol. The minimum atomic E-state index is -0.559. The Bertz CT molecular complexity index is 744. The maximum Gasteiger partial charge on any atom is 0.234 e. The Kier molecular flexibility index (Phi) is 7.36. The lowest BCUT2D eigenvalue weighted by atomic mass is 10.1. The number of aliphatic hydroxyl groups excluding tert-OH is 1. The number of amides is 1. The van der Waals surface area contributed by atoms with Gasteiger partial charge in [-0.25, -0.2) is 0 Å². The SMILES string of the molecule is CC1CN(c2ccc(NC(=O)CSCC(O)c3ccccc3)cc2)CC(C)O1. The Morgan fingerprint density at radius 3 is 2.43 bits per heavy atom. The highest BCUT2D eigenvalue weighted by Gasteiger charge is 2.22. The first kappa shape index (κ1) is 20.7. The number of aliphatic hydroxyl groups is 1. The van der Waals surface area contributed by atoms with Gasteiger partial charge in [-0.05, 0) is 43.7 Å². The van der Waals surface area contributed by atoms with Crippen LogP contribution in [0, 0.1) is 0 Å². The quantitative estimate of drug-likeness (QED) is 0.742. The van der Waals surface area contributed by atoms with Gasteiger partial charge in [0.05, 0.1) is 24.1 Å². The molecule has 1 amide bonds. The van der Waals surface area contributed by atoms with E-state index in [1.54, 1.807) is 0 Å². The van der Waals surface area contributed by atoms with E-state index < -0.39 is 6.10 Å². The number of nitrogens with one attached hydrogen (secondary N) is 1. The van der Waals surface area contributed by atoms with Crippen LogP contribution < -0.4 is 10.2 Å². The molecule has 0 radical (unpaired) electrons. The van der Waals surface area contributed by atoms with E-state index in [1.807, 2.05) is 54.6 Å². The normalized spacial score (nSPS) is 20.6. The summed E-state index contributed by atoms with van der Waals surface area (Å²) in [6.45, 7) is 5.92. The van der Waals surface area contributed by atoms with E-state index in [2.05, 4.69) is 24.1 Å². The van der Waals surface area contributed by atoms with E-state index in [-0.39, 0.29) is 18.1 Å². The third kappa shape index (κ3) is 5.99. The molecule has 0 bridgehead atoms. The largest absolute Gasteiger partial charge is 0.388 e. The third-order valence-corrected chi connectivity index (χ3v) is 5.65. The van der Waals surface area contributed by atoms with Gasteiger partial charge in [-0.2, -0.15) is 0 Å². The Hall–Kier alpha value is -2.02. The van der Waals surface area contributed by atoms with Gasteiger partial charge in [-0.3, -0.25) is 4.79 Å². The summed E-state index contributed by atoms with van der Waals surface area (Å²) in [7, 11) is 0. The van der Waals surface area contributed by atoms with E-state index in [9.17, 15) is 9.90 Å². The molecular formula is C22H28N2O3S. The van der Waals surface area contributed by atoms with Gasteiger partial charge in [0.1, 0.15) is 0 Å². The number of ether oxygens (including phenoxy) is 1. The molecule has 0 spiro atoms. The zero-order valence-corrected chi connectivity index (χ0v) is 17.2. The number of carbonyl (C=O) groups excluding carboxylic acids is 1. The summed E-state index contributed by atoms with van der Waals surface area (Å²) in [5, 5.41) is 13.1. The number of rotatable bonds is 7. The second kappa shape index (κ2) is 9.96. The predicted molar refractivity (Wildman–Crippen MR) is 116 cm³/mol. The van der Waals surface area contributed by atoms with Crippen LogP contribution in [0.25, 0.3) is 0 Å². The summed E-state index contributed by atoms with van der Waals surface area (Å²) in [5.41, 5.74) is 2.80. The van der Waals surface area contributed by atoms with Crippen LogP contribution in [0.5, 0.6) is 0 Å². The van der Waals surface area contributed by atoms with Crippen molar-refractivity contribution in [3.63, 3.8) is 0 Å². The fraction of sp³-hybridized carbons (Fsp3) is 0.409. The standard InChI is InChI=1S/C22H28N2O3S/c1-16-12-24(13-17(2)27-16)20-10-8-19(9-11-20)23-22(26)15-28-14-21(25)18-6-4-3-5-7-18/h3-11,16-17,21,25H,12-15H2,1-2H3,(H,23,26). The number of hydrogen-bond acceptors (Lipinski definition) is 5. The van der Waals surface area contributed by atoms with Gasteiger partial charge in [0.2, 0.25) is 5.91 Å². The Labute approximate surface area is 171 Å². The highest BCUT2D eigenvalue weighted by Crippen LogP contribution is 2.23. The van der Waals surface area contributed by atoms with Crippen molar-refractivity contribution in [2.24, 2.45) is 0 Å². The zero-order chi connectivity index (χ0) is 19.9. The summed E-state index contributed by atoms with van der Waals surface area (Å²) >= 11 is 1.43. The molecular weight excluding hydrogens is 372 g/mol. The molecule has 1 aliphatic rings. The topological polar surface area (TPSA) is 61.8 Å². The van der Waals surface area contributed by atoms with Gasteiger partial charge in [-0.15, -0.1) is 11.8 Å². The van der Waals surface area contributed by atoms with E-state index in [0.29, 0.717) is 11.5 Å². The van der Waals surface area contributed by atoms with Gasteiger partial charge in [0.25, 0.3) is 0 Å². The average Bonchev–Trinajstić information content (AvgIpc) is 2.68. The first-order valence-corrected chi connectivity index (χ1v) is 10.8. The first-order valence-electron chi connectivity index (χ1n) is 9.62. The van der Waals surface area contributed by atoms with Gasteiger partial charge in [0.15, 0.2) is 0 Å². The number of benzene rings is 2. The minimum Gasteiger partial charge on any atom is -0.388 e. The molecule has 5 nitrogen and oxygen atoms in total. The summed E-state index contributed by atoms with van der Waals surface area (Å²) in [5.74, 6) is 0.736. The van der Waals surface area contributed by atoms with E-state index >= 15 is 0 Å². The fourth-order valence-corrected chi connectivity index (χ4v) is 4.17. The summed E-state index contributed by atoms with van der Waals surface area (Å²) in [6, 6.07) is 17.4. The molecule has 1 saturated heterocycles. The van der Waals surface area contributed by atoms with Gasteiger partial charge < -0.3 is 20.1 Å². The number of carbonyl (C=O) groups is 1. The molecule has 150 valence electrons. The molecule has 3 unspecified atom stereocenters. The average molecular weight is 401 g/mol. The van der Waals surface area contributed by atoms with E-state index in [4.69, 9.17) is 4.74 Å². The molecule has 6 heteroatoms. The molecule has 2 N–H and O–H groups in total. The number of hydrogen-bond donors (Lipinski definition) is 2. The predicted octanol–water partition coefficient (Wildman–Crippen LogP) is 3.71. The maximum absolute atomic E-state index is 12.2. The molecule has 3 rings (SSSR count). The van der Waals surface area contributed by atoms with Gasteiger partial charge >= 0.3 is 0 Å². The molecule has 0 saturated carbocycles. The molecule has 3 atom stereocenters. The van der Waals surface area contributed by atoms with Crippen LogP contribution in [0.2, 0.25) is 0 Å². The minimum absolute atomic E-state index is 0.0633. The number of morpholine rings is 1. The highest BCUT2D eigenvalue weighted by molar-refractivity contribution is 7.99. The van der Waals surface area contributed by atoms with Crippen LogP contribution in [0.3, 0.4) is 0 Å². The second-order valence-corrected chi connectivity index (χ2v) is 8.23. The van der Waals surface area contributed by atoms with Crippen LogP contribution in [0.15, 0.2) is 54.6 Å². The van der Waals surface area contributed by atoms with Crippen LogP contribution in [0.4, 0.5) is 11.4 Å². The van der Waals surface area contributed by atoms with Crippen molar-refractivity contribution in [1.29, 1.82) is 0 Å². The maximum atomic E-state index is 12.2. The van der Waals surface area contributed by atoms with Crippen molar-refractivity contribution in [1.82, 2.24) is 0 Å². The summed E-state index contributed by atoms with van der Waals surface area (Å²) < 4.78 is 5.78. The molecule has 1 heterocycles. The first-order chi connectivity index (χ1) is 13.5.